The monoisotopic (exact) mass is 246 g/mol. The lowest BCUT2D eigenvalue weighted by Gasteiger charge is -2.15. The lowest BCUT2D eigenvalue weighted by molar-refractivity contribution is 0.141. The van der Waals surface area contributed by atoms with Crippen molar-refractivity contribution < 1.29 is 9.84 Å². The molecule has 2 aliphatic carbocycles. The van der Waals surface area contributed by atoms with Gasteiger partial charge in [-0.2, -0.15) is 0 Å². The molecule has 0 heterocycles. The summed E-state index contributed by atoms with van der Waals surface area (Å²) >= 11 is 0. The highest BCUT2D eigenvalue weighted by atomic mass is 16.5. The Hall–Kier alpha value is -1.02. The molecule has 2 aliphatic rings. The standard InChI is InChI=1S/C16H22O2/c1-10-9-11(18-2)7-8-12(10)16(17)15-13-5-3-4-6-14(13)15/h7-9,13-17H,3-6H2,1-2H3. The molecule has 2 heteroatoms. The Labute approximate surface area is 109 Å². The summed E-state index contributed by atoms with van der Waals surface area (Å²) in [6, 6.07) is 6.01. The summed E-state index contributed by atoms with van der Waals surface area (Å²) in [5.74, 6) is 2.96. The molecule has 1 aromatic rings. The quantitative estimate of drug-likeness (QED) is 0.885. The third-order valence-electron chi connectivity index (χ3n) is 4.88. The summed E-state index contributed by atoms with van der Waals surface area (Å²) in [6.07, 6.45) is 5.07. The fourth-order valence-electron chi connectivity index (χ4n) is 3.83. The minimum Gasteiger partial charge on any atom is -0.497 e. The predicted molar refractivity (Wildman–Crippen MR) is 71.6 cm³/mol. The summed E-state index contributed by atoms with van der Waals surface area (Å²) in [7, 11) is 1.68. The molecule has 3 rings (SSSR count). The van der Waals surface area contributed by atoms with Gasteiger partial charge in [-0.25, -0.2) is 0 Å². The molecule has 0 aliphatic heterocycles. The third-order valence-corrected chi connectivity index (χ3v) is 4.88. The lowest BCUT2D eigenvalue weighted by atomic mass is 9.98. The number of ether oxygens (including phenoxy) is 1. The SMILES string of the molecule is COc1ccc(C(O)C2C3CCCCC32)c(C)c1. The van der Waals surface area contributed by atoms with Gasteiger partial charge >= 0.3 is 0 Å². The first-order valence-corrected chi connectivity index (χ1v) is 7.05. The van der Waals surface area contributed by atoms with Gasteiger partial charge in [0.25, 0.3) is 0 Å². The number of rotatable bonds is 3. The van der Waals surface area contributed by atoms with Crippen LogP contribution in [-0.4, -0.2) is 12.2 Å². The second-order valence-corrected chi connectivity index (χ2v) is 5.86. The molecule has 3 atom stereocenters. The van der Waals surface area contributed by atoms with E-state index >= 15 is 0 Å². The Morgan fingerprint density at radius 3 is 2.44 bits per heavy atom. The van der Waals surface area contributed by atoms with E-state index in [1.807, 2.05) is 18.2 Å². The topological polar surface area (TPSA) is 29.5 Å². The van der Waals surface area contributed by atoms with E-state index in [0.29, 0.717) is 5.92 Å². The average Bonchev–Trinajstić information content (AvgIpc) is 3.12. The highest BCUT2D eigenvalue weighted by Crippen LogP contribution is 2.60. The largest absolute Gasteiger partial charge is 0.497 e. The van der Waals surface area contributed by atoms with E-state index in [9.17, 15) is 5.11 Å². The molecule has 0 amide bonds. The number of aryl methyl sites for hydroxylation is 1. The van der Waals surface area contributed by atoms with Crippen LogP contribution in [0.2, 0.25) is 0 Å². The van der Waals surface area contributed by atoms with Gasteiger partial charge in [0.05, 0.1) is 13.2 Å². The van der Waals surface area contributed by atoms with Crippen LogP contribution in [0.1, 0.15) is 42.9 Å². The van der Waals surface area contributed by atoms with Crippen molar-refractivity contribution in [3.05, 3.63) is 29.3 Å². The van der Waals surface area contributed by atoms with Crippen LogP contribution < -0.4 is 4.74 Å². The van der Waals surface area contributed by atoms with Gasteiger partial charge in [0.1, 0.15) is 5.75 Å². The second-order valence-electron chi connectivity index (χ2n) is 5.86. The zero-order chi connectivity index (χ0) is 12.7. The van der Waals surface area contributed by atoms with E-state index in [1.54, 1.807) is 7.11 Å². The molecule has 0 spiro atoms. The van der Waals surface area contributed by atoms with Gasteiger partial charge in [-0.3, -0.25) is 0 Å². The minimum atomic E-state index is -0.274. The summed E-state index contributed by atoms with van der Waals surface area (Å²) in [5.41, 5.74) is 2.24. The molecule has 2 saturated carbocycles. The minimum absolute atomic E-state index is 0.274. The zero-order valence-electron chi connectivity index (χ0n) is 11.2. The summed E-state index contributed by atoms with van der Waals surface area (Å²) < 4.78 is 5.22. The van der Waals surface area contributed by atoms with Gasteiger partial charge in [0, 0.05) is 0 Å². The zero-order valence-corrected chi connectivity index (χ0v) is 11.2. The summed E-state index contributed by atoms with van der Waals surface area (Å²) in [6.45, 7) is 2.06. The van der Waals surface area contributed by atoms with Crippen molar-refractivity contribution >= 4 is 0 Å². The van der Waals surface area contributed by atoms with Crippen molar-refractivity contribution in [2.45, 2.75) is 38.7 Å². The molecule has 1 aromatic carbocycles. The molecule has 98 valence electrons. The molecule has 2 fully saturated rings. The Bertz CT molecular complexity index is 429. The molecule has 3 unspecified atom stereocenters. The van der Waals surface area contributed by atoms with Crippen LogP contribution in [0.25, 0.3) is 0 Å². The number of hydrogen-bond acceptors (Lipinski definition) is 2. The van der Waals surface area contributed by atoms with Gasteiger partial charge in [0.15, 0.2) is 0 Å². The van der Waals surface area contributed by atoms with Crippen molar-refractivity contribution in [3.8, 4) is 5.75 Å². The van der Waals surface area contributed by atoms with Crippen LogP contribution in [0.4, 0.5) is 0 Å². The van der Waals surface area contributed by atoms with Crippen LogP contribution in [0.15, 0.2) is 18.2 Å². The Balaban J connectivity index is 1.78. The molecule has 1 N–H and O–H groups in total. The summed E-state index contributed by atoms with van der Waals surface area (Å²) in [5, 5.41) is 10.6. The number of hydrogen-bond donors (Lipinski definition) is 1. The Morgan fingerprint density at radius 1 is 1.22 bits per heavy atom. The number of benzene rings is 1. The second kappa shape index (κ2) is 4.58. The fraction of sp³-hybridized carbons (Fsp3) is 0.625. The highest BCUT2D eigenvalue weighted by molar-refractivity contribution is 5.37. The predicted octanol–water partition coefficient (Wildman–Crippen LogP) is 3.47. The highest BCUT2D eigenvalue weighted by Gasteiger charge is 2.54. The van der Waals surface area contributed by atoms with Gasteiger partial charge in [-0.05, 0) is 60.8 Å². The number of fused-ring (bicyclic) bond motifs is 1. The van der Waals surface area contributed by atoms with Gasteiger partial charge in [0.2, 0.25) is 0 Å². The van der Waals surface area contributed by atoms with Gasteiger partial charge in [-0.15, -0.1) is 0 Å². The van der Waals surface area contributed by atoms with E-state index in [4.69, 9.17) is 4.74 Å². The Kier molecular flexibility index (Phi) is 3.06. The fourth-order valence-corrected chi connectivity index (χ4v) is 3.83. The number of aliphatic hydroxyl groups excluding tert-OH is 1. The van der Waals surface area contributed by atoms with Crippen molar-refractivity contribution in [2.75, 3.05) is 7.11 Å². The van der Waals surface area contributed by atoms with Crippen molar-refractivity contribution in [2.24, 2.45) is 17.8 Å². The normalized spacial score (nSPS) is 31.6. The van der Waals surface area contributed by atoms with Crippen molar-refractivity contribution in [3.63, 3.8) is 0 Å². The molecule has 0 aromatic heterocycles. The van der Waals surface area contributed by atoms with Crippen LogP contribution in [-0.2, 0) is 0 Å². The summed E-state index contributed by atoms with van der Waals surface area (Å²) in [4.78, 5) is 0. The molecule has 0 saturated heterocycles. The molecule has 18 heavy (non-hydrogen) atoms. The van der Waals surface area contributed by atoms with Crippen LogP contribution in [0.5, 0.6) is 5.75 Å². The van der Waals surface area contributed by atoms with Crippen LogP contribution in [0, 0.1) is 24.7 Å². The number of aliphatic hydroxyl groups is 1. The van der Waals surface area contributed by atoms with Crippen molar-refractivity contribution in [1.29, 1.82) is 0 Å². The number of methoxy groups -OCH3 is 1. The van der Waals surface area contributed by atoms with E-state index in [0.717, 1.165) is 28.7 Å². The van der Waals surface area contributed by atoms with Crippen LogP contribution in [0.3, 0.4) is 0 Å². The average molecular weight is 246 g/mol. The molecular formula is C16H22O2. The van der Waals surface area contributed by atoms with E-state index in [2.05, 4.69) is 6.92 Å². The first kappa shape index (κ1) is 12.0. The molecular weight excluding hydrogens is 224 g/mol. The molecule has 0 radical (unpaired) electrons. The third kappa shape index (κ3) is 1.93. The maximum atomic E-state index is 10.6. The first-order chi connectivity index (χ1) is 8.72. The first-order valence-electron chi connectivity index (χ1n) is 7.05. The smallest absolute Gasteiger partial charge is 0.119 e. The van der Waals surface area contributed by atoms with Crippen molar-refractivity contribution in [1.82, 2.24) is 0 Å². The van der Waals surface area contributed by atoms with E-state index in [-0.39, 0.29) is 6.10 Å². The molecule has 0 bridgehead atoms. The maximum Gasteiger partial charge on any atom is 0.119 e. The van der Waals surface area contributed by atoms with Gasteiger partial charge < -0.3 is 9.84 Å². The molecule has 2 nitrogen and oxygen atoms in total. The van der Waals surface area contributed by atoms with Gasteiger partial charge in [-0.1, -0.05) is 18.9 Å². The van der Waals surface area contributed by atoms with E-state index in [1.165, 1.54) is 25.7 Å². The Morgan fingerprint density at radius 2 is 1.89 bits per heavy atom. The van der Waals surface area contributed by atoms with E-state index < -0.39 is 0 Å². The lowest BCUT2D eigenvalue weighted by Crippen LogP contribution is -2.04. The van der Waals surface area contributed by atoms with Crippen LogP contribution >= 0.6 is 0 Å². The maximum absolute atomic E-state index is 10.6.